The molecule has 35 heavy (non-hydrogen) atoms. The number of carbonyl (C=O) groups is 2. The molecule has 2 aromatic carbocycles. The Morgan fingerprint density at radius 1 is 1.17 bits per heavy atom. The molecule has 4 rings (SSSR count). The minimum atomic E-state index is -0.893. The predicted octanol–water partition coefficient (Wildman–Crippen LogP) is 5.39. The number of carbonyl (C=O) groups excluding carboxylic acids is 1. The molecule has 0 spiro atoms. The van der Waals surface area contributed by atoms with Crippen LogP contribution in [0, 0.1) is 0 Å². The highest BCUT2D eigenvalue weighted by Gasteiger charge is 2.32. The summed E-state index contributed by atoms with van der Waals surface area (Å²) in [6, 6.07) is 17.5. The number of amides is 1. The van der Waals surface area contributed by atoms with E-state index in [2.05, 4.69) is 6.92 Å². The zero-order valence-electron chi connectivity index (χ0n) is 19.2. The minimum absolute atomic E-state index is 0.0118. The number of thioether (sulfide) groups is 1. The normalized spacial score (nSPS) is 14.7. The third-order valence-corrected chi connectivity index (χ3v) is 6.67. The monoisotopic (exact) mass is 507 g/mol. The van der Waals surface area contributed by atoms with Gasteiger partial charge in [-0.2, -0.15) is 5.10 Å². The van der Waals surface area contributed by atoms with Gasteiger partial charge < -0.3 is 9.84 Å². The maximum Gasteiger partial charge on any atom is 0.303 e. The van der Waals surface area contributed by atoms with E-state index in [1.807, 2.05) is 60.8 Å². The lowest BCUT2D eigenvalue weighted by Crippen LogP contribution is -2.29. The van der Waals surface area contributed by atoms with Crippen molar-refractivity contribution in [3.63, 3.8) is 0 Å². The van der Waals surface area contributed by atoms with Crippen molar-refractivity contribution in [2.45, 2.75) is 26.2 Å². The van der Waals surface area contributed by atoms with E-state index in [9.17, 15) is 9.59 Å². The Kier molecular flexibility index (Phi) is 7.99. The second kappa shape index (κ2) is 11.3. The van der Waals surface area contributed by atoms with Crippen LogP contribution in [0.5, 0.6) is 5.75 Å². The summed E-state index contributed by atoms with van der Waals surface area (Å²) in [6.45, 7) is 3.00. The van der Waals surface area contributed by atoms with Gasteiger partial charge in [0.05, 0.1) is 22.9 Å². The predicted molar refractivity (Wildman–Crippen MR) is 142 cm³/mol. The van der Waals surface area contributed by atoms with E-state index >= 15 is 0 Å². The summed E-state index contributed by atoms with van der Waals surface area (Å²) in [5, 5.41) is 13.7. The van der Waals surface area contributed by atoms with Crippen molar-refractivity contribution in [2.24, 2.45) is 0 Å². The molecule has 9 heteroatoms. The lowest BCUT2D eigenvalue weighted by Gasteiger charge is -2.13. The molecular formula is C26H25N3O4S2. The van der Waals surface area contributed by atoms with Gasteiger partial charge in [-0.15, -0.1) is 0 Å². The summed E-state index contributed by atoms with van der Waals surface area (Å²) >= 11 is 6.61. The van der Waals surface area contributed by atoms with Gasteiger partial charge in [-0.1, -0.05) is 49.1 Å². The highest BCUT2D eigenvalue weighted by Crippen LogP contribution is 2.35. The van der Waals surface area contributed by atoms with Crippen molar-refractivity contribution in [3.05, 3.63) is 71.3 Å². The number of aromatic nitrogens is 2. The molecule has 1 aromatic heterocycles. The van der Waals surface area contributed by atoms with Crippen molar-refractivity contribution < 1.29 is 19.4 Å². The molecule has 1 fully saturated rings. The molecule has 0 saturated carbocycles. The number of hydrogen-bond donors (Lipinski definition) is 1. The standard InChI is InChI=1S/C26H25N3O4S2/c1-2-15-33-21-12-10-18(11-13-21)24-19(17-29(27-24)20-7-4-3-5-8-20)16-22-25(32)28(26(34)35-22)14-6-9-23(30)31/h3-5,7-8,10-13,16-17H,2,6,9,14-15H2,1H3,(H,30,31). The van der Waals surface area contributed by atoms with Gasteiger partial charge in [-0.3, -0.25) is 14.5 Å². The number of carboxylic acid groups (broad SMARTS) is 1. The average molecular weight is 508 g/mol. The van der Waals surface area contributed by atoms with Gasteiger partial charge in [0.2, 0.25) is 0 Å². The van der Waals surface area contributed by atoms with Crippen LogP contribution < -0.4 is 4.74 Å². The van der Waals surface area contributed by atoms with Crippen LogP contribution in [-0.4, -0.2) is 49.1 Å². The van der Waals surface area contributed by atoms with E-state index < -0.39 is 5.97 Å². The van der Waals surface area contributed by atoms with Crippen LogP contribution in [0.4, 0.5) is 0 Å². The fourth-order valence-electron chi connectivity index (χ4n) is 3.58. The Balaban J connectivity index is 1.66. The summed E-state index contributed by atoms with van der Waals surface area (Å²) < 4.78 is 7.92. The molecule has 3 aromatic rings. The second-order valence-electron chi connectivity index (χ2n) is 7.92. The third-order valence-electron chi connectivity index (χ3n) is 5.30. The Hall–Kier alpha value is -3.43. The van der Waals surface area contributed by atoms with Crippen molar-refractivity contribution in [1.82, 2.24) is 14.7 Å². The number of ether oxygens (including phenoxy) is 1. The largest absolute Gasteiger partial charge is 0.494 e. The number of thiocarbonyl (C=S) groups is 1. The quantitative estimate of drug-likeness (QED) is 0.291. The van der Waals surface area contributed by atoms with Gasteiger partial charge in [0, 0.05) is 30.3 Å². The molecule has 1 saturated heterocycles. The van der Waals surface area contributed by atoms with Crippen LogP contribution in [0.25, 0.3) is 23.0 Å². The van der Waals surface area contributed by atoms with Crippen LogP contribution in [0.1, 0.15) is 31.7 Å². The fourth-order valence-corrected chi connectivity index (χ4v) is 4.88. The Labute approximate surface area is 213 Å². The summed E-state index contributed by atoms with van der Waals surface area (Å²) in [6.07, 6.45) is 4.96. The van der Waals surface area contributed by atoms with Crippen molar-refractivity contribution >= 4 is 46.3 Å². The first kappa shape index (κ1) is 24.7. The summed E-state index contributed by atoms with van der Waals surface area (Å²) in [4.78, 5) is 25.8. The van der Waals surface area contributed by atoms with Crippen molar-refractivity contribution in [3.8, 4) is 22.7 Å². The zero-order valence-corrected chi connectivity index (χ0v) is 20.8. The van der Waals surface area contributed by atoms with Crippen LogP contribution in [0.3, 0.4) is 0 Å². The Morgan fingerprint density at radius 2 is 1.91 bits per heavy atom. The first-order chi connectivity index (χ1) is 17.0. The number of aliphatic carboxylic acids is 1. The van der Waals surface area contributed by atoms with E-state index in [0.717, 1.165) is 34.7 Å². The molecule has 1 amide bonds. The lowest BCUT2D eigenvalue weighted by molar-refractivity contribution is -0.137. The van der Waals surface area contributed by atoms with Gasteiger partial charge in [-0.25, -0.2) is 4.68 Å². The molecule has 0 radical (unpaired) electrons. The number of nitrogens with zero attached hydrogens (tertiary/aromatic N) is 3. The SMILES string of the molecule is CCCOc1ccc(-c2nn(-c3ccccc3)cc2C=C2SC(=S)N(CCCC(=O)O)C2=O)cc1. The molecule has 0 atom stereocenters. The molecule has 180 valence electrons. The Bertz CT molecular complexity index is 1250. The van der Waals surface area contributed by atoms with E-state index in [-0.39, 0.29) is 18.9 Å². The second-order valence-corrected chi connectivity index (χ2v) is 9.59. The summed E-state index contributed by atoms with van der Waals surface area (Å²) in [5.41, 5.74) is 3.30. The van der Waals surface area contributed by atoms with Gasteiger partial charge in [0.1, 0.15) is 10.1 Å². The van der Waals surface area contributed by atoms with Gasteiger partial charge in [0.25, 0.3) is 5.91 Å². The van der Waals surface area contributed by atoms with E-state index in [1.54, 1.807) is 10.8 Å². The highest BCUT2D eigenvalue weighted by atomic mass is 32.2. The molecule has 1 aliphatic heterocycles. The van der Waals surface area contributed by atoms with Crippen LogP contribution in [0.15, 0.2) is 65.7 Å². The van der Waals surface area contributed by atoms with Crippen LogP contribution in [0.2, 0.25) is 0 Å². The highest BCUT2D eigenvalue weighted by molar-refractivity contribution is 8.26. The third kappa shape index (κ3) is 5.98. The number of carboxylic acids is 1. The molecule has 7 nitrogen and oxygen atoms in total. The molecule has 0 unspecified atom stereocenters. The van der Waals surface area contributed by atoms with E-state index in [1.165, 1.54) is 16.7 Å². The average Bonchev–Trinajstić information content (AvgIpc) is 3.40. The summed E-state index contributed by atoms with van der Waals surface area (Å²) in [5.74, 6) is -0.316. The number of rotatable bonds is 10. The van der Waals surface area contributed by atoms with E-state index in [0.29, 0.717) is 22.3 Å². The zero-order chi connectivity index (χ0) is 24.8. The molecule has 0 aliphatic carbocycles. The van der Waals surface area contributed by atoms with Crippen LogP contribution >= 0.6 is 24.0 Å². The van der Waals surface area contributed by atoms with Gasteiger partial charge >= 0.3 is 5.97 Å². The van der Waals surface area contributed by atoms with Gasteiger partial charge in [-0.05, 0) is 55.3 Å². The topological polar surface area (TPSA) is 84.7 Å². The fraction of sp³-hybridized carbons (Fsp3) is 0.231. The first-order valence-electron chi connectivity index (χ1n) is 11.3. The number of para-hydroxylation sites is 1. The minimum Gasteiger partial charge on any atom is -0.494 e. The van der Waals surface area contributed by atoms with Crippen molar-refractivity contribution in [1.29, 1.82) is 0 Å². The van der Waals surface area contributed by atoms with Gasteiger partial charge in [0.15, 0.2) is 0 Å². The molecule has 1 N–H and O–H groups in total. The maximum absolute atomic E-state index is 13.0. The van der Waals surface area contributed by atoms with Crippen molar-refractivity contribution in [2.75, 3.05) is 13.2 Å². The van der Waals surface area contributed by atoms with E-state index in [4.69, 9.17) is 27.2 Å². The first-order valence-corrected chi connectivity index (χ1v) is 12.5. The molecule has 0 bridgehead atoms. The summed E-state index contributed by atoms with van der Waals surface area (Å²) in [7, 11) is 0. The smallest absolute Gasteiger partial charge is 0.303 e. The number of benzene rings is 2. The number of hydrogen-bond acceptors (Lipinski definition) is 6. The maximum atomic E-state index is 13.0. The molecule has 2 heterocycles. The molecule has 1 aliphatic rings. The van der Waals surface area contributed by atoms with Crippen LogP contribution in [-0.2, 0) is 9.59 Å². The molecular weight excluding hydrogens is 482 g/mol. The Morgan fingerprint density at radius 3 is 2.60 bits per heavy atom. The lowest BCUT2D eigenvalue weighted by atomic mass is 10.1.